The van der Waals surface area contributed by atoms with Gasteiger partial charge in [0.1, 0.15) is 0 Å². The van der Waals surface area contributed by atoms with Gasteiger partial charge in [-0.3, -0.25) is 4.79 Å². The molecule has 0 aliphatic rings. The first-order valence-corrected chi connectivity index (χ1v) is 6.95. The Morgan fingerprint density at radius 2 is 2.06 bits per heavy atom. The number of rotatable bonds is 4. The van der Waals surface area contributed by atoms with E-state index in [1.54, 1.807) is 4.90 Å². The molecule has 1 rings (SSSR count). The number of nitrogens with zero attached hydrogens (tertiary/aromatic N) is 1. The number of hydrogen-bond acceptors (Lipinski definition) is 2. The SMILES string of the molecule is CC(C)N(C)C(=O)CNc1cc(Br)ccc1Br. The summed E-state index contributed by atoms with van der Waals surface area (Å²) in [7, 11) is 1.81. The van der Waals surface area contributed by atoms with Gasteiger partial charge < -0.3 is 10.2 Å². The molecule has 0 aromatic heterocycles. The van der Waals surface area contributed by atoms with Crippen LogP contribution in [0.5, 0.6) is 0 Å². The Morgan fingerprint density at radius 1 is 1.41 bits per heavy atom. The summed E-state index contributed by atoms with van der Waals surface area (Å²) in [6.07, 6.45) is 0. The van der Waals surface area contributed by atoms with Gasteiger partial charge in [-0.1, -0.05) is 15.9 Å². The monoisotopic (exact) mass is 362 g/mol. The highest BCUT2D eigenvalue weighted by molar-refractivity contribution is 9.11. The van der Waals surface area contributed by atoms with Gasteiger partial charge in [0, 0.05) is 27.7 Å². The number of halogens is 2. The zero-order valence-corrected chi connectivity index (χ0v) is 13.3. The molecule has 0 saturated carbocycles. The second-order valence-corrected chi connectivity index (χ2v) is 5.85. The van der Waals surface area contributed by atoms with Crippen molar-refractivity contribution < 1.29 is 4.79 Å². The third-order valence-electron chi connectivity index (χ3n) is 2.53. The highest BCUT2D eigenvalue weighted by atomic mass is 79.9. The number of amides is 1. The summed E-state index contributed by atoms with van der Waals surface area (Å²) in [6, 6.07) is 6.03. The van der Waals surface area contributed by atoms with E-state index in [1.165, 1.54) is 0 Å². The second-order valence-electron chi connectivity index (χ2n) is 4.08. The van der Waals surface area contributed by atoms with Gasteiger partial charge in [0.2, 0.25) is 5.91 Å². The number of hydrogen-bond donors (Lipinski definition) is 1. The molecule has 0 saturated heterocycles. The summed E-state index contributed by atoms with van der Waals surface area (Å²) in [5, 5.41) is 3.12. The maximum atomic E-state index is 11.8. The zero-order chi connectivity index (χ0) is 13.0. The predicted octanol–water partition coefficient (Wildman–Crippen LogP) is 3.49. The van der Waals surface area contributed by atoms with E-state index in [1.807, 2.05) is 39.1 Å². The maximum absolute atomic E-state index is 11.8. The first-order chi connectivity index (χ1) is 7.91. The molecule has 3 nitrogen and oxygen atoms in total. The van der Waals surface area contributed by atoms with Crippen LogP contribution in [0.4, 0.5) is 5.69 Å². The molecule has 1 aromatic carbocycles. The van der Waals surface area contributed by atoms with E-state index in [0.717, 1.165) is 14.6 Å². The van der Waals surface area contributed by atoms with Gasteiger partial charge in [0.15, 0.2) is 0 Å². The van der Waals surface area contributed by atoms with Gasteiger partial charge in [0.25, 0.3) is 0 Å². The van der Waals surface area contributed by atoms with Crippen molar-refractivity contribution in [3.8, 4) is 0 Å². The van der Waals surface area contributed by atoms with Gasteiger partial charge in [-0.05, 0) is 48.0 Å². The fraction of sp³-hybridized carbons (Fsp3) is 0.417. The van der Waals surface area contributed by atoms with Gasteiger partial charge in [-0.25, -0.2) is 0 Å². The van der Waals surface area contributed by atoms with Crippen molar-refractivity contribution in [3.63, 3.8) is 0 Å². The maximum Gasteiger partial charge on any atom is 0.241 e. The molecule has 0 unspecified atom stereocenters. The number of likely N-dealkylation sites (N-methyl/N-ethyl adjacent to an activating group) is 1. The molecule has 94 valence electrons. The van der Waals surface area contributed by atoms with E-state index in [4.69, 9.17) is 0 Å². The summed E-state index contributed by atoms with van der Waals surface area (Å²) in [6.45, 7) is 4.28. The Hall–Kier alpha value is -0.550. The van der Waals surface area contributed by atoms with Crippen LogP contribution in [-0.4, -0.2) is 30.4 Å². The van der Waals surface area contributed by atoms with Crippen LogP contribution in [0.25, 0.3) is 0 Å². The van der Waals surface area contributed by atoms with Crippen LogP contribution in [0.2, 0.25) is 0 Å². The van der Waals surface area contributed by atoms with Crippen molar-refractivity contribution in [3.05, 3.63) is 27.1 Å². The van der Waals surface area contributed by atoms with E-state index < -0.39 is 0 Å². The standard InChI is InChI=1S/C12H16Br2N2O/c1-8(2)16(3)12(17)7-15-11-6-9(13)4-5-10(11)14/h4-6,8,15H,7H2,1-3H3. The average molecular weight is 364 g/mol. The lowest BCUT2D eigenvalue weighted by Gasteiger charge is -2.22. The van der Waals surface area contributed by atoms with E-state index in [2.05, 4.69) is 37.2 Å². The first-order valence-electron chi connectivity index (χ1n) is 5.36. The fourth-order valence-electron chi connectivity index (χ4n) is 1.22. The van der Waals surface area contributed by atoms with E-state index >= 15 is 0 Å². The van der Waals surface area contributed by atoms with Crippen molar-refractivity contribution in [2.75, 3.05) is 18.9 Å². The van der Waals surface area contributed by atoms with Crippen LogP contribution < -0.4 is 5.32 Å². The Kier molecular flexibility index (Phi) is 5.46. The van der Waals surface area contributed by atoms with Gasteiger partial charge in [0.05, 0.1) is 6.54 Å². The average Bonchev–Trinajstić information content (AvgIpc) is 2.28. The Morgan fingerprint density at radius 3 is 2.65 bits per heavy atom. The van der Waals surface area contributed by atoms with Crippen LogP contribution in [0.1, 0.15) is 13.8 Å². The smallest absolute Gasteiger partial charge is 0.241 e. The summed E-state index contributed by atoms with van der Waals surface area (Å²) >= 11 is 6.84. The number of carbonyl (C=O) groups is 1. The van der Waals surface area contributed by atoms with Crippen molar-refractivity contribution >= 4 is 43.5 Å². The van der Waals surface area contributed by atoms with Gasteiger partial charge in [-0.15, -0.1) is 0 Å². The van der Waals surface area contributed by atoms with E-state index in [0.29, 0.717) is 6.54 Å². The molecule has 0 aliphatic heterocycles. The third-order valence-corrected chi connectivity index (χ3v) is 3.71. The lowest BCUT2D eigenvalue weighted by atomic mass is 10.3. The van der Waals surface area contributed by atoms with Crippen LogP contribution in [0, 0.1) is 0 Å². The fourth-order valence-corrected chi connectivity index (χ4v) is 1.96. The van der Waals surface area contributed by atoms with Gasteiger partial charge >= 0.3 is 0 Å². The van der Waals surface area contributed by atoms with Crippen molar-refractivity contribution in [1.82, 2.24) is 4.90 Å². The second kappa shape index (κ2) is 6.40. The Labute approximate surface area is 119 Å². The third kappa shape index (κ3) is 4.32. The number of anilines is 1. The first kappa shape index (κ1) is 14.5. The lowest BCUT2D eigenvalue weighted by Crippen LogP contribution is -2.37. The molecule has 0 atom stereocenters. The quantitative estimate of drug-likeness (QED) is 0.887. The molecule has 5 heteroatoms. The summed E-state index contributed by atoms with van der Waals surface area (Å²) in [5.74, 6) is 0.0758. The summed E-state index contributed by atoms with van der Waals surface area (Å²) < 4.78 is 1.92. The molecule has 0 fully saturated rings. The highest BCUT2D eigenvalue weighted by Crippen LogP contribution is 2.25. The molecule has 0 bridgehead atoms. The minimum Gasteiger partial charge on any atom is -0.375 e. The molecular formula is C12H16Br2N2O. The zero-order valence-electron chi connectivity index (χ0n) is 10.1. The van der Waals surface area contributed by atoms with Crippen LogP contribution in [0.15, 0.2) is 27.1 Å². The van der Waals surface area contributed by atoms with Crippen LogP contribution >= 0.6 is 31.9 Å². The van der Waals surface area contributed by atoms with E-state index in [9.17, 15) is 4.79 Å². The summed E-state index contributed by atoms with van der Waals surface area (Å²) in [4.78, 5) is 13.5. The number of carbonyl (C=O) groups excluding carboxylic acids is 1. The molecular weight excluding hydrogens is 348 g/mol. The predicted molar refractivity (Wildman–Crippen MR) is 78.2 cm³/mol. The van der Waals surface area contributed by atoms with Gasteiger partial charge in [-0.2, -0.15) is 0 Å². The highest BCUT2D eigenvalue weighted by Gasteiger charge is 2.11. The van der Waals surface area contributed by atoms with Crippen molar-refractivity contribution in [2.24, 2.45) is 0 Å². The Bertz CT molecular complexity index is 407. The number of benzene rings is 1. The molecule has 1 N–H and O–H groups in total. The van der Waals surface area contributed by atoms with Crippen molar-refractivity contribution in [2.45, 2.75) is 19.9 Å². The normalized spacial score (nSPS) is 10.5. The molecule has 0 spiro atoms. The number of nitrogens with one attached hydrogen (secondary N) is 1. The van der Waals surface area contributed by atoms with Crippen LogP contribution in [0.3, 0.4) is 0 Å². The molecule has 0 radical (unpaired) electrons. The summed E-state index contributed by atoms with van der Waals surface area (Å²) in [5.41, 5.74) is 0.907. The molecule has 1 amide bonds. The molecule has 0 heterocycles. The minimum atomic E-state index is 0.0758. The van der Waals surface area contributed by atoms with E-state index in [-0.39, 0.29) is 11.9 Å². The molecule has 0 aliphatic carbocycles. The topological polar surface area (TPSA) is 32.3 Å². The molecule has 17 heavy (non-hydrogen) atoms. The molecule has 1 aromatic rings. The largest absolute Gasteiger partial charge is 0.375 e. The minimum absolute atomic E-state index is 0.0758. The van der Waals surface area contributed by atoms with Crippen LogP contribution in [-0.2, 0) is 4.79 Å². The lowest BCUT2D eigenvalue weighted by molar-refractivity contribution is -0.129. The van der Waals surface area contributed by atoms with Crippen molar-refractivity contribution in [1.29, 1.82) is 0 Å². The Balaban J connectivity index is 2.61.